The molecule has 0 aromatic rings. The highest BCUT2D eigenvalue weighted by atomic mass is 32.2. The van der Waals surface area contributed by atoms with Gasteiger partial charge in [-0.1, -0.05) is 6.92 Å². The Morgan fingerprint density at radius 1 is 1.38 bits per heavy atom. The Hall–Kier alpha value is -0.830. The molecule has 0 saturated carbocycles. The van der Waals surface area contributed by atoms with Gasteiger partial charge in [0, 0.05) is 13.1 Å². The van der Waals surface area contributed by atoms with Crippen LogP contribution in [0.4, 0.5) is 13.2 Å². The van der Waals surface area contributed by atoms with E-state index in [2.05, 4.69) is 0 Å². The summed E-state index contributed by atoms with van der Waals surface area (Å²) in [6.07, 6.45) is 0. The average Bonchev–Trinajstić information content (AvgIpc) is 2.45. The molecule has 5 nitrogen and oxygen atoms in total. The van der Waals surface area contributed by atoms with Gasteiger partial charge in [0.1, 0.15) is 0 Å². The van der Waals surface area contributed by atoms with E-state index in [0.29, 0.717) is 0 Å². The summed E-state index contributed by atoms with van der Waals surface area (Å²) in [6.45, 7) is 0.363. The summed E-state index contributed by atoms with van der Waals surface area (Å²) in [4.78, 5) is 10.6. The van der Waals surface area contributed by atoms with Crippen molar-refractivity contribution in [1.29, 1.82) is 0 Å². The fourth-order valence-electron chi connectivity index (χ4n) is 1.59. The van der Waals surface area contributed by atoms with Crippen molar-refractivity contribution >= 4 is 16.0 Å². The molecule has 0 bridgehead atoms. The predicted molar refractivity (Wildman–Crippen MR) is 46.8 cm³/mol. The first-order valence-corrected chi connectivity index (χ1v) is 5.80. The first-order valence-electron chi connectivity index (χ1n) is 4.36. The summed E-state index contributed by atoms with van der Waals surface area (Å²) in [7, 11) is -5.41. The number of hydrogen-bond donors (Lipinski definition) is 1. The standard InChI is InChI=1S/C7H10F3NO4S/c1-4-2-11(3-5(4)6(12)13)16(14,15)7(8,9)10/h4-5H,2-3H2,1H3,(H,12,13)/t4-,5-/m1/s1. The van der Waals surface area contributed by atoms with Crippen LogP contribution in [0.5, 0.6) is 0 Å². The Morgan fingerprint density at radius 3 is 2.19 bits per heavy atom. The van der Waals surface area contributed by atoms with Crippen LogP contribution in [0.3, 0.4) is 0 Å². The normalized spacial score (nSPS) is 28.2. The van der Waals surface area contributed by atoms with E-state index in [1.807, 2.05) is 0 Å². The number of rotatable bonds is 2. The lowest BCUT2D eigenvalue weighted by atomic mass is 9.99. The van der Waals surface area contributed by atoms with E-state index < -0.39 is 46.4 Å². The lowest BCUT2D eigenvalue weighted by Crippen LogP contribution is -2.39. The fraction of sp³-hybridized carbons (Fsp3) is 0.857. The summed E-state index contributed by atoms with van der Waals surface area (Å²) >= 11 is 0. The van der Waals surface area contributed by atoms with Crippen molar-refractivity contribution in [2.45, 2.75) is 12.4 Å². The first-order chi connectivity index (χ1) is 7.07. The summed E-state index contributed by atoms with van der Waals surface area (Å²) < 4.78 is 58.6. The third kappa shape index (κ3) is 2.14. The molecule has 2 atom stereocenters. The predicted octanol–water partition coefficient (Wildman–Crippen LogP) is 0.489. The van der Waals surface area contributed by atoms with Crippen LogP contribution in [0.25, 0.3) is 0 Å². The largest absolute Gasteiger partial charge is 0.511 e. The smallest absolute Gasteiger partial charge is 0.481 e. The number of sulfonamides is 1. The lowest BCUT2D eigenvalue weighted by molar-refractivity contribution is -0.142. The van der Waals surface area contributed by atoms with Crippen LogP contribution in [0, 0.1) is 11.8 Å². The van der Waals surface area contributed by atoms with Crippen LogP contribution in [-0.2, 0) is 14.8 Å². The molecule has 0 unspecified atom stereocenters. The second-order valence-corrected chi connectivity index (χ2v) is 5.62. The van der Waals surface area contributed by atoms with Gasteiger partial charge in [0.05, 0.1) is 5.92 Å². The van der Waals surface area contributed by atoms with Gasteiger partial charge in [-0.25, -0.2) is 8.42 Å². The number of aliphatic carboxylic acids is 1. The monoisotopic (exact) mass is 261 g/mol. The van der Waals surface area contributed by atoms with Crippen LogP contribution >= 0.6 is 0 Å². The van der Waals surface area contributed by atoms with Gasteiger partial charge < -0.3 is 5.11 Å². The molecule has 1 heterocycles. The highest BCUT2D eigenvalue weighted by Crippen LogP contribution is 2.33. The zero-order chi connectivity index (χ0) is 12.7. The number of carboxylic acids is 1. The quantitative estimate of drug-likeness (QED) is 0.785. The van der Waals surface area contributed by atoms with E-state index in [1.165, 1.54) is 6.92 Å². The molecular weight excluding hydrogens is 251 g/mol. The van der Waals surface area contributed by atoms with Crippen molar-refractivity contribution in [3.8, 4) is 0 Å². The van der Waals surface area contributed by atoms with E-state index in [1.54, 1.807) is 0 Å². The third-order valence-electron chi connectivity index (χ3n) is 2.53. The lowest BCUT2D eigenvalue weighted by Gasteiger charge is -2.17. The van der Waals surface area contributed by atoms with Crippen molar-refractivity contribution in [3.63, 3.8) is 0 Å². The van der Waals surface area contributed by atoms with Crippen molar-refractivity contribution < 1.29 is 31.5 Å². The van der Waals surface area contributed by atoms with Crippen molar-refractivity contribution in [2.24, 2.45) is 11.8 Å². The van der Waals surface area contributed by atoms with Gasteiger partial charge in [0.25, 0.3) is 0 Å². The van der Waals surface area contributed by atoms with E-state index in [9.17, 15) is 26.4 Å². The molecule has 1 fully saturated rings. The molecule has 0 aromatic carbocycles. The third-order valence-corrected chi connectivity index (χ3v) is 4.09. The Labute approximate surface area is 89.9 Å². The van der Waals surface area contributed by atoms with Crippen molar-refractivity contribution in [1.82, 2.24) is 4.31 Å². The van der Waals surface area contributed by atoms with Crippen LogP contribution < -0.4 is 0 Å². The molecule has 0 spiro atoms. The van der Waals surface area contributed by atoms with Gasteiger partial charge in [0.15, 0.2) is 0 Å². The molecule has 1 aliphatic heterocycles. The molecule has 0 aliphatic carbocycles. The number of alkyl halides is 3. The topological polar surface area (TPSA) is 74.7 Å². The number of carbonyl (C=O) groups is 1. The average molecular weight is 261 g/mol. The number of nitrogens with zero attached hydrogens (tertiary/aromatic N) is 1. The second-order valence-electron chi connectivity index (χ2n) is 3.69. The molecule has 0 radical (unpaired) electrons. The second kappa shape index (κ2) is 3.88. The maximum atomic E-state index is 12.2. The summed E-state index contributed by atoms with van der Waals surface area (Å²) in [5.41, 5.74) is -5.37. The maximum absolute atomic E-state index is 12.2. The number of halogens is 3. The Balaban J connectivity index is 2.92. The first kappa shape index (κ1) is 13.2. The van der Waals surface area contributed by atoms with Gasteiger partial charge in [-0.2, -0.15) is 17.5 Å². The Morgan fingerprint density at radius 2 is 1.88 bits per heavy atom. The molecule has 1 N–H and O–H groups in total. The molecule has 1 aliphatic rings. The van der Waals surface area contributed by atoms with Crippen molar-refractivity contribution in [3.05, 3.63) is 0 Å². The van der Waals surface area contributed by atoms with Crippen LogP contribution in [0.2, 0.25) is 0 Å². The summed E-state index contributed by atoms with van der Waals surface area (Å²) in [5, 5.41) is 8.67. The van der Waals surface area contributed by atoms with Gasteiger partial charge in [-0.15, -0.1) is 0 Å². The van der Waals surface area contributed by atoms with Gasteiger partial charge in [0.2, 0.25) is 0 Å². The molecule has 9 heteroatoms. The minimum atomic E-state index is -5.41. The number of hydrogen-bond acceptors (Lipinski definition) is 3. The van der Waals surface area contributed by atoms with Crippen LogP contribution in [0.1, 0.15) is 6.92 Å². The van der Waals surface area contributed by atoms with Crippen LogP contribution in [-0.4, -0.2) is 42.4 Å². The summed E-state index contributed by atoms with van der Waals surface area (Å²) in [5.74, 6) is -3.00. The van der Waals surface area contributed by atoms with Crippen molar-refractivity contribution in [2.75, 3.05) is 13.1 Å². The molecule has 0 amide bonds. The Kier molecular flexibility index (Phi) is 3.21. The van der Waals surface area contributed by atoms with Gasteiger partial charge >= 0.3 is 21.5 Å². The minimum Gasteiger partial charge on any atom is -0.481 e. The fourth-order valence-corrected chi connectivity index (χ4v) is 2.67. The Bertz CT molecular complexity index is 391. The zero-order valence-electron chi connectivity index (χ0n) is 8.23. The van der Waals surface area contributed by atoms with Crippen LogP contribution in [0.15, 0.2) is 0 Å². The molecule has 94 valence electrons. The SMILES string of the molecule is C[C@@H]1CN(S(=O)(=O)C(F)(F)F)C[C@H]1C(=O)O. The zero-order valence-corrected chi connectivity index (χ0v) is 9.05. The van der Waals surface area contributed by atoms with E-state index in [4.69, 9.17) is 5.11 Å². The molecule has 1 rings (SSSR count). The molecular formula is C7H10F3NO4S. The highest BCUT2D eigenvalue weighted by Gasteiger charge is 2.53. The minimum absolute atomic E-state index is 0.177. The molecule has 0 aromatic heterocycles. The number of carboxylic acid groups (broad SMARTS) is 1. The van der Waals surface area contributed by atoms with E-state index >= 15 is 0 Å². The highest BCUT2D eigenvalue weighted by molar-refractivity contribution is 7.90. The molecule has 16 heavy (non-hydrogen) atoms. The van der Waals surface area contributed by atoms with Gasteiger partial charge in [-0.05, 0) is 5.92 Å². The summed E-state index contributed by atoms with van der Waals surface area (Å²) in [6, 6.07) is 0. The van der Waals surface area contributed by atoms with Gasteiger partial charge in [-0.3, -0.25) is 4.79 Å². The molecule has 1 saturated heterocycles. The van der Waals surface area contributed by atoms with E-state index in [0.717, 1.165) is 0 Å². The van der Waals surface area contributed by atoms with E-state index in [-0.39, 0.29) is 4.31 Å². The maximum Gasteiger partial charge on any atom is 0.511 e.